The van der Waals surface area contributed by atoms with Gasteiger partial charge in [0.2, 0.25) is 0 Å². The Morgan fingerprint density at radius 2 is 1.65 bits per heavy atom. The van der Waals surface area contributed by atoms with E-state index < -0.39 is 0 Å². The summed E-state index contributed by atoms with van der Waals surface area (Å²) >= 11 is 0. The van der Waals surface area contributed by atoms with E-state index in [1.54, 1.807) is 12.1 Å². The Labute approximate surface area is 98.7 Å². The zero-order valence-electron chi connectivity index (χ0n) is 9.10. The fraction of sp³-hybridized carbons (Fsp3) is 0.0714. The average molecular weight is 230 g/mol. The van der Waals surface area contributed by atoms with Crippen molar-refractivity contribution in [2.75, 3.05) is 6.61 Å². The first-order valence-electron chi connectivity index (χ1n) is 5.22. The fourth-order valence-corrected chi connectivity index (χ4v) is 1.38. The number of Topliss-reactive ketones (excluding diaryl/α,β-unsaturated/α-hetero) is 1. The SMILES string of the molecule is O=C(COc1ccccc1)c1ccc(F)cc1. The zero-order chi connectivity index (χ0) is 12.1. The van der Waals surface area contributed by atoms with Gasteiger partial charge in [0.25, 0.3) is 0 Å². The molecule has 0 aliphatic carbocycles. The van der Waals surface area contributed by atoms with Gasteiger partial charge in [0.1, 0.15) is 11.6 Å². The average Bonchev–Trinajstić information content (AvgIpc) is 2.38. The third kappa shape index (κ3) is 3.14. The molecule has 0 radical (unpaired) electrons. The monoisotopic (exact) mass is 230 g/mol. The lowest BCUT2D eigenvalue weighted by molar-refractivity contribution is 0.0921. The zero-order valence-corrected chi connectivity index (χ0v) is 9.10. The van der Waals surface area contributed by atoms with E-state index in [1.165, 1.54) is 24.3 Å². The van der Waals surface area contributed by atoms with E-state index in [0.29, 0.717) is 11.3 Å². The van der Waals surface area contributed by atoms with Crippen molar-refractivity contribution in [3.63, 3.8) is 0 Å². The van der Waals surface area contributed by atoms with Crippen molar-refractivity contribution in [2.45, 2.75) is 0 Å². The van der Waals surface area contributed by atoms with Crippen LogP contribution < -0.4 is 4.74 Å². The van der Waals surface area contributed by atoms with Gasteiger partial charge < -0.3 is 4.74 Å². The minimum absolute atomic E-state index is 0.0460. The molecule has 0 spiro atoms. The Bertz CT molecular complexity index is 491. The molecule has 86 valence electrons. The lowest BCUT2D eigenvalue weighted by Crippen LogP contribution is -2.11. The van der Waals surface area contributed by atoms with Gasteiger partial charge in [-0.3, -0.25) is 4.79 Å². The molecule has 0 aromatic heterocycles. The van der Waals surface area contributed by atoms with Crippen LogP contribution >= 0.6 is 0 Å². The summed E-state index contributed by atoms with van der Waals surface area (Å²) in [5, 5.41) is 0. The Kier molecular flexibility index (Phi) is 3.50. The van der Waals surface area contributed by atoms with E-state index in [-0.39, 0.29) is 18.2 Å². The molecule has 2 rings (SSSR count). The van der Waals surface area contributed by atoms with Crippen molar-refractivity contribution in [2.24, 2.45) is 0 Å². The summed E-state index contributed by atoms with van der Waals surface area (Å²) in [6.45, 7) is -0.0460. The highest BCUT2D eigenvalue weighted by atomic mass is 19.1. The van der Waals surface area contributed by atoms with Crippen LogP contribution in [0.25, 0.3) is 0 Å². The van der Waals surface area contributed by atoms with Crippen LogP contribution in [0.1, 0.15) is 10.4 Å². The number of rotatable bonds is 4. The second kappa shape index (κ2) is 5.25. The lowest BCUT2D eigenvalue weighted by Gasteiger charge is -2.04. The number of hydrogen-bond acceptors (Lipinski definition) is 2. The van der Waals surface area contributed by atoms with Gasteiger partial charge in [0, 0.05) is 5.56 Å². The van der Waals surface area contributed by atoms with E-state index in [2.05, 4.69) is 0 Å². The van der Waals surface area contributed by atoms with Gasteiger partial charge in [0.15, 0.2) is 12.4 Å². The molecule has 2 nitrogen and oxygen atoms in total. The van der Waals surface area contributed by atoms with Crippen LogP contribution in [0.3, 0.4) is 0 Å². The number of ether oxygens (including phenoxy) is 1. The standard InChI is InChI=1S/C14H11FO2/c15-12-8-6-11(7-9-12)14(16)10-17-13-4-2-1-3-5-13/h1-9H,10H2. The molecule has 0 amide bonds. The maximum Gasteiger partial charge on any atom is 0.200 e. The molecule has 0 saturated heterocycles. The van der Waals surface area contributed by atoms with Crippen molar-refractivity contribution in [1.82, 2.24) is 0 Å². The molecule has 0 aliphatic rings. The van der Waals surface area contributed by atoms with Crippen molar-refractivity contribution >= 4 is 5.78 Å². The third-order valence-corrected chi connectivity index (χ3v) is 2.28. The van der Waals surface area contributed by atoms with Crippen molar-refractivity contribution in [1.29, 1.82) is 0 Å². The normalized spacial score (nSPS) is 9.94. The molecular weight excluding hydrogens is 219 g/mol. The molecule has 0 bridgehead atoms. The van der Waals surface area contributed by atoms with Crippen LogP contribution in [0.15, 0.2) is 54.6 Å². The molecule has 0 heterocycles. The molecule has 3 heteroatoms. The first-order valence-corrected chi connectivity index (χ1v) is 5.22. The number of carbonyl (C=O) groups is 1. The molecule has 2 aromatic rings. The molecular formula is C14H11FO2. The topological polar surface area (TPSA) is 26.3 Å². The summed E-state index contributed by atoms with van der Waals surface area (Å²) in [4.78, 5) is 11.7. The Hall–Kier alpha value is -2.16. The maximum atomic E-state index is 12.7. The van der Waals surface area contributed by atoms with Gasteiger partial charge in [-0.1, -0.05) is 18.2 Å². The molecule has 0 saturated carbocycles. The maximum absolute atomic E-state index is 12.7. The summed E-state index contributed by atoms with van der Waals surface area (Å²) in [6.07, 6.45) is 0. The van der Waals surface area contributed by atoms with Gasteiger partial charge in [-0.2, -0.15) is 0 Å². The highest BCUT2D eigenvalue weighted by molar-refractivity contribution is 5.97. The summed E-state index contributed by atoms with van der Waals surface area (Å²) in [5.41, 5.74) is 0.447. The van der Waals surface area contributed by atoms with E-state index in [1.807, 2.05) is 18.2 Å². The number of carbonyl (C=O) groups excluding carboxylic acids is 1. The Balaban J connectivity index is 1.96. The minimum atomic E-state index is -0.356. The van der Waals surface area contributed by atoms with Crippen LogP contribution in [-0.2, 0) is 0 Å². The molecule has 0 fully saturated rings. The number of halogens is 1. The minimum Gasteiger partial charge on any atom is -0.485 e. The van der Waals surface area contributed by atoms with Gasteiger partial charge in [0.05, 0.1) is 0 Å². The first-order chi connectivity index (χ1) is 8.25. The number of benzene rings is 2. The molecule has 17 heavy (non-hydrogen) atoms. The molecule has 2 aromatic carbocycles. The molecule has 0 atom stereocenters. The van der Waals surface area contributed by atoms with Crippen LogP contribution in [0, 0.1) is 5.82 Å². The molecule has 0 N–H and O–H groups in total. The number of ketones is 1. The number of hydrogen-bond donors (Lipinski definition) is 0. The Morgan fingerprint density at radius 1 is 1.00 bits per heavy atom. The van der Waals surface area contributed by atoms with E-state index in [0.717, 1.165) is 0 Å². The van der Waals surface area contributed by atoms with Crippen LogP contribution in [-0.4, -0.2) is 12.4 Å². The summed E-state index contributed by atoms with van der Waals surface area (Å²) < 4.78 is 18.0. The van der Waals surface area contributed by atoms with Gasteiger partial charge >= 0.3 is 0 Å². The van der Waals surface area contributed by atoms with E-state index >= 15 is 0 Å². The van der Waals surface area contributed by atoms with E-state index in [4.69, 9.17) is 4.74 Å². The van der Waals surface area contributed by atoms with Gasteiger partial charge in [-0.05, 0) is 36.4 Å². The predicted molar refractivity (Wildman–Crippen MR) is 62.7 cm³/mol. The quantitative estimate of drug-likeness (QED) is 0.754. The number of para-hydroxylation sites is 1. The predicted octanol–water partition coefficient (Wildman–Crippen LogP) is 3.09. The van der Waals surface area contributed by atoms with Gasteiger partial charge in [-0.25, -0.2) is 4.39 Å². The lowest BCUT2D eigenvalue weighted by atomic mass is 10.1. The van der Waals surface area contributed by atoms with Crippen LogP contribution in [0.2, 0.25) is 0 Å². The smallest absolute Gasteiger partial charge is 0.200 e. The highest BCUT2D eigenvalue weighted by Gasteiger charge is 2.06. The molecule has 0 aliphatic heterocycles. The van der Waals surface area contributed by atoms with E-state index in [9.17, 15) is 9.18 Å². The highest BCUT2D eigenvalue weighted by Crippen LogP contribution is 2.10. The Morgan fingerprint density at radius 3 is 2.29 bits per heavy atom. The third-order valence-electron chi connectivity index (χ3n) is 2.28. The summed E-state index contributed by atoms with van der Waals surface area (Å²) in [7, 11) is 0. The summed E-state index contributed by atoms with van der Waals surface area (Å²) in [5.74, 6) is 0.113. The fourth-order valence-electron chi connectivity index (χ4n) is 1.38. The summed E-state index contributed by atoms with van der Waals surface area (Å²) in [6, 6.07) is 14.5. The van der Waals surface area contributed by atoms with Crippen molar-refractivity contribution in [3.8, 4) is 5.75 Å². The second-order valence-corrected chi connectivity index (χ2v) is 3.53. The van der Waals surface area contributed by atoms with Gasteiger partial charge in [-0.15, -0.1) is 0 Å². The first kappa shape index (κ1) is 11.3. The van der Waals surface area contributed by atoms with Crippen LogP contribution in [0.5, 0.6) is 5.75 Å². The molecule has 0 unspecified atom stereocenters. The van der Waals surface area contributed by atoms with Crippen LogP contribution in [0.4, 0.5) is 4.39 Å². The second-order valence-electron chi connectivity index (χ2n) is 3.53. The van der Waals surface area contributed by atoms with Crippen molar-refractivity contribution < 1.29 is 13.9 Å². The van der Waals surface area contributed by atoms with Crippen molar-refractivity contribution in [3.05, 3.63) is 66.0 Å². The largest absolute Gasteiger partial charge is 0.485 e.